The molecule has 8 heteroatoms. The highest BCUT2D eigenvalue weighted by Crippen LogP contribution is 2.29. The average molecular weight is 471 g/mol. The molecule has 0 atom stereocenters. The fourth-order valence-electron chi connectivity index (χ4n) is 3.98. The van der Waals surface area contributed by atoms with E-state index in [9.17, 15) is 16.8 Å². The van der Waals surface area contributed by atoms with Crippen LogP contribution in [0.5, 0.6) is 0 Å². The summed E-state index contributed by atoms with van der Waals surface area (Å²) >= 11 is 0. The molecule has 32 heavy (non-hydrogen) atoms. The summed E-state index contributed by atoms with van der Waals surface area (Å²) in [6.45, 7) is 6.20. The summed E-state index contributed by atoms with van der Waals surface area (Å²) in [4.78, 5) is 0.497. The molecule has 0 bridgehead atoms. The van der Waals surface area contributed by atoms with E-state index in [4.69, 9.17) is 0 Å². The minimum absolute atomic E-state index is 0.199. The van der Waals surface area contributed by atoms with Crippen LogP contribution in [0.4, 0.5) is 5.69 Å². The molecule has 0 amide bonds. The highest BCUT2D eigenvalue weighted by atomic mass is 32.2. The van der Waals surface area contributed by atoms with Crippen molar-refractivity contribution in [3.05, 3.63) is 88.5 Å². The van der Waals surface area contributed by atoms with Crippen LogP contribution < -0.4 is 4.72 Å². The van der Waals surface area contributed by atoms with E-state index < -0.39 is 20.0 Å². The fraction of sp³-hybridized carbons (Fsp3) is 0.250. The van der Waals surface area contributed by atoms with Crippen molar-refractivity contribution in [3.8, 4) is 0 Å². The molecule has 0 saturated carbocycles. The third kappa shape index (κ3) is 4.30. The van der Waals surface area contributed by atoms with Crippen molar-refractivity contribution in [2.24, 2.45) is 0 Å². The van der Waals surface area contributed by atoms with E-state index in [0.29, 0.717) is 24.2 Å². The summed E-state index contributed by atoms with van der Waals surface area (Å²) in [6, 6.07) is 17.2. The highest BCUT2D eigenvalue weighted by Gasteiger charge is 2.28. The molecule has 6 nitrogen and oxygen atoms in total. The maximum Gasteiger partial charge on any atom is 0.262 e. The van der Waals surface area contributed by atoms with Crippen molar-refractivity contribution < 1.29 is 16.8 Å². The van der Waals surface area contributed by atoms with Crippen molar-refractivity contribution in [1.29, 1.82) is 0 Å². The maximum absolute atomic E-state index is 13.0. The third-order valence-electron chi connectivity index (χ3n) is 5.90. The molecule has 0 aromatic heterocycles. The van der Waals surface area contributed by atoms with Gasteiger partial charge in [-0.3, -0.25) is 4.72 Å². The Labute approximate surface area is 190 Å². The fourth-order valence-corrected chi connectivity index (χ4v) is 6.78. The molecule has 0 unspecified atom stereocenters. The van der Waals surface area contributed by atoms with Crippen LogP contribution >= 0.6 is 0 Å². The number of nitrogens with one attached hydrogen (secondary N) is 1. The number of hydrogen-bond donors (Lipinski definition) is 1. The lowest BCUT2D eigenvalue weighted by molar-refractivity contribution is 0.391. The van der Waals surface area contributed by atoms with Crippen LogP contribution in [-0.2, 0) is 33.0 Å². The van der Waals surface area contributed by atoms with Gasteiger partial charge in [0.15, 0.2) is 0 Å². The van der Waals surface area contributed by atoms with Gasteiger partial charge in [-0.25, -0.2) is 16.8 Å². The first-order valence-corrected chi connectivity index (χ1v) is 13.3. The second-order valence-corrected chi connectivity index (χ2v) is 11.8. The number of rotatable bonds is 5. The Morgan fingerprint density at radius 2 is 1.47 bits per heavy atom. The number of anilines is 1. The lowest BCUT2D eigenvalue weighted by atomic mass is 10.0. The molecule has 4 rings (SSSR count). The van der Waals surface area contributed by atoms with Crippen LogP contribution in [0.3, 0.4) is 0 Å². The molecule has 3 aromatic carbocycles. The minimum atomic E-state index is -3.78. The number of benzene rings is 3. The van der Waals surface area contributed by atoms with Crippen LogP contribution in [0.1, 0.15) is 27.8 Å². The average Bonchev–Trinajstić information content (AvgIpc) is 2.76. The number of hydrogen-bond acceptors (Lipinski definition) is 4. The minimum Gasteiger partial charge on any atom is -0.280 e. The Morgan fingerprint density at radius 3 is 2.19 bits per heavy atom. The monoisotopic (exact) mass is 470 g/mol. The molecule has 0 fully saturated rings. The Bertz CT molecular complexity index is 1380. The predicted octanol–water partition coefficient (Wildman–Crippen LogP) is 4.16. The molecule has 0 saturated heterocycles. The first kappa shape index (κ1) is 22.5. The molecule has 0 radical (unpaired) electrons. The third-order valence-corrected chi connectivity index (χ3v) is 9.28. The van der Waals surface area contributed by atoms with Gasteiger partial charge >= 0.3 is 0 Å². The zero-order valence-corrected chi connectivity index (χ0v) is 19.9. The van der Waals surface area contributed by atoms with E-state index >= 15 is 0 Å². The highest BCUT2D eigenvalue weighted by molar-refractivity contribution is 7.92. The lowest BCUT2D eigenvalue weighted by Crippen LogP contribution is -2.36. The molecule has 1 aliphatic heterocycles. The van der Waals surface area contributed by atoms with Gasteiger partial charge < -0.3 is 0 Å². The van der Waals surface area contributed by atoms with Crippen molar-refractivity contribution >= 4 is 25.7 Å². The molecule has 0 spiro atoms. The molecule has 1 aliphatic rings. The van der Waals surface area contributed by atoms with Crippen molar-refractivity contribution in [2.75, 3.05) is 11.3 Å². The first-order valence-electron chi connectivity index (χ1n) is 10.4. The van der Waals surface area contributed by atoms with E-state index in [2.05, 4.69) is 4.72 Å². The first-order chi connectivity index (χ1) is 15.1. The Kier molecular flexibility index (Phi) is 5.87. The molecule has 1 N–H and O–H groups in total. The largest absolute Gasteiger partial charge is 0.280 e. The summed E-state index contributed by atoms with van der Waals surface area (Å²) in [6.07, 6.45) is 0.574. The van der Waals surface area contributed by atoms with E-state index in [0.717, 1.165) is 22.3 Å². The zero-order chi connectivity index (χ0) is 23.1. The van der Waals surface area contributed by atoms with Crippen molar-refractivity contribution in [2.45, 2.75) is 43.5 Å². The van der Waals surface area contributed by atoms with Crippen molar-refractivity contribution in [3.63, 3.8) is 0 Å². The second kappa shape index (κ2) is 8.35. The van der Waals surface area contributed by atoms with Gasteiger partial charge in [0.2, 0.25) is 10.0 Å². The summed E-state index contributed by atoms with van der Waals surface area (Å²) in [5.41, 5.74) is 4.86. The molecular formula is C24H26N2O4S2. The zero-order valence-electron chi connectivity index (χ0n) is 18.3. The molecule has 3 aromatic rings. The van der Waals surface area contributed by atoms with Crippen LogP contribution in [0.25, 0.3) is 0 Å². The van der Waals surface area contributed by atoms with Crippen LogP contribution in [0, 0.1) is 20.8 Å². The van der Waals surface area contributed by atoms with Gasteiger partial charge in [0, 0.05) is 18.8 Å². The van der Waals surface area contributed by atoms with Gasteiger partial charge in [0.1, 0.15) is 0 Å². The lowest BCUT2D eigenvalue weighted by Gasteiger charge is -2.28. The summed E-state index contributed by atoms with van der Waals surface area (Å²) in [7, 11) is -7.39. The molecule has 1 heterocycles. The Morgan fingerprint density at radius 1 is 0.781 bits per heavy atom. The van der Waals surface area contributed by atoms with Crippen LogP contribution in [-0.4, -0.2) is 27.7 Å². The quantitative estimate of drug-likeness (QED) is 0.607. The maximum atomic E-state index is 13.0. The van der Waals surface area contributed by atoms with E-state index in [1.54, 1.807) is 55.5 Å². The van der Waals surface area contributed by atoms with Gasteiger partial charge in [0.05, 0.1) is 9.79 Å². The number of aryl methyl sites for hydroxylation is 3. The van der Waals surface area contributed by atoms with Crippen LogP contribution in [0.15, 0.2) is 70.5 Å². The summed E-state index contributed by atoms with van der Waals surface area (Å²) in [5.74, 6) is 0. The number of nitrogens with zero attached hydrogens (tertiary/aromatic N) is 1. The smallest absolute Gasteiger partial charge is 0.262 e. The summed E-state index contributed by atoms with van der Waals surface area (Å²) in [5, 5.41) is 0. The van der Waals surface area contributed by atoms with Crippen LogP contribution in [0.2, 0.25) is 0 Å². The Hall–Kier alpha value is -2.68. The topological polar surface area (TPSA) is 83.6 Å². The normalized spacial score (nSPS) is 14.7. The molecular weight excluding hydrogens is 444 g/mol. The summed E-state index contributed by atoms with van der Waals surface area (Å²) < 4.78 is 56.2. The second-order valence-electron chi connectivity index (χ2n) is 8.19. The predicted molar refractivity (Wildman–Crippen MR) is 126 cm³/mol. The van der Waals surface area contributed by atoms with Gasteiger partial charge in [-0.1, -0.05) is 30.3 Å². The standard InChI is InChI=1S/C24H26N2O4S2/c1-17-13-19(3)24(14-18(17)2)31(27,28)25-22-10-9-20-11-12-26(16-21(20)15-22)32(29,30)23-7-5-4-6-8-23/h4-10,13-15,25H,11-12,16H2,1-3H3. The number of fused-ring (bicyclic) bond motifs is 1. The molecule has 0 aliphatic carbocycles. The van der Waals surface area contributed by atoms with Gasteiger partial charge in [-0.2, -0.15) is 4.31 Å². The van der Waals surface area contributed by atoms with E-state index in [-0.39, 0.29) is 16.3 Å². The number of sulfonamides is 2. The van der Waals surface area contributed by atoms with E-state index in [1.165, 1.54) is 4.31 Å². The van der Waals surface area contributed by atoms with Gasteiger partial charge in [-0.15, -0.1) is 0 Å². The van der Waals surface area contributed by atoms with E-state index in [1.807, 2.05) is 26.0 Å². The van der Waals surface area contributed by atoms with Gasteiger partial charge in [-0.05, 0) is 85.3 Å². The molecule has 168 valence electrons. The SMILES string of the molecule is Cc1cc(C)c(S(=O)(=O)Nc2ccc3c(c2)CN(S(=O)(=O)c2ccccc2)CC3)cc1C. The van der Waals surface area contributed by atoms with Gasteiger partial charge in [0.25, 0.3) is 10.0 Å². The van der Waals surface area contributed by atoms with Crippen molar-refractivity contribution in [1.82, 2.24) is 4.31 Å². The Balaban J connectivity index is 1.61.